The zero-order valence-electron chi connectivity index (χ0n) is 18.5. The average molecular weight is 433 g/mol. The van der Waals surface area contributed by atoms with Gasteiger partial charge < -0.3 is 14.4 Å². The van der Waals surface area contributed by atoms with Gasteiger partial charge >= 0.3 is 0 Å². The van der Waals surface area contributed by atoms with Crippen LogP contribution in [0, 0.1) is 6.92 Å². The summed E-state index contributed by atoms with van der Waals surface area (Å²) in [5, 5.41) is 0. The molecule has 164 valence electrons. The molecule has 1 saturated heterocycles. The number of ether oxygens (including phenoxy) is 2. The monoisotopic (exact) mass is 432 g/mol. The molecule has 2 aromatic rings. The summed E-state index contributed by atoms with van der Waals surface area (Å²) in [6, 6.07) is 11.5. The average Bonchev–Trinajstić information content (AvgIpc) is 2.73. The van der Waals surface area contributed by atoms with Gasteiger partial charge in [0.2, 0.25) is 10.0 Å². The van der Waals surface area contributed by atoms with Gasteiger partial charge in [0.05, 0.1) is 24.3 Å². The van der Waals surface area contributed by atoms with Crippen molar-refractivity contribution in [2.24, 2.45) is 0 Å². The minimum atomic E-state index is -3.58. The second-order valence-corrected chi connectivity index (χ2v) is 9.71. The first-order valence-corrected chi connectivity index (χ1v) is 11.9. The lowest BCUT2D eigenvalue weighted by Crippen LogP contribution is -2.48. The summed E-state index contributed by atoms with van der Waals surface area (Å²) in [4.78, 5) is 2.55. The highest BCUT2D eigenvalue weighted by Gasteiger charge is 2.31. The molecule has 0 spiro atoms. The number of sulfonamides is 1. The molecular formula is C23H32N2O4S. The highest BCUT2D eigenvalue weighted by atomic mass is 32.2. The van der Waals surface area contributed by atoms with Gasteiger partial charge in [0, 0.05) is 26.2 Å². The van der Waals surface area contributed by atoms with Crippen molar-refractivity contribution in [2.75, 3.05) is 44.8 Å². The van der Waals surface area contributed by atoms with Crippen molar-refractivity contribution >= 4 is 15.7 Å². The van der Waals surface area contributed by atoms with Gasteiger partial charge in [-0.1, -0.05) is 26.0 Å². The third kappa shape index (κ3) is 4.42. The minimum absolute atomic E-state index is 0.170. The molecule has 2 aromatic carbocycles. The lowest BCUT2D eigenvalue weighted by atomic mass is 10.0. The minimum Gasteiger partial charge on any atom is -0.495 e. The number of rotatable bonds is 7. The first kappa shape index (κ1) is 22.4. The van der Waals surface area contributed by atoms with Crippen LogP contribution in [0.15, 0.2) is 41.3 Å². The van der Waals surface area contributed by atoms with E-state index in [4.69, 9.17) is 9.47 Å². The van der Waals surface area contributed by atoms with Gasteiger partial charge in [-0.25, -0.2) is 8.42 Å². The van der Waals surface area contributed by atoms with E-state index in [1.54, 1.807) is 17.5 Å². The van der Waals surface area contributed by atoms with E-state index < -0.39 is 10.0 Å². The molecule has 0 aromatic heterocycles. The van der Waals surface area contributed by atoms with Gasteiger partial charge in [-0.3, -0.25) is 0 Å². The fraction of sp³-hybridized carbons (Fsp3) is 0.478. The Hall–Kier alpha value is -2.25. The topological polar surface area (TPSA) is 59.1 Å². The van der Waals surface area contributed by atoms with Crippen molar-refractivity contribution in [2.45, 2.75) is 38.5 Å². The predicted octanol–water partition coefficient (Wildman–Crippen LogP) is 4.04. The van der Waals surface area contributed by atoms with Crippen molar-refractivity contribution in [3.05, 3.63) is 47.5 Å². The summed E-state index contributed by atoms with van der Waals surface area (Å²) < 4.78 is 39.7. The van der Waals surface area contributed by atoms with Crippen LogP contribution in [0.1, 0.15) is 37.8 Å². The lowest BCUT2D eigenvalue weighted by molar-refractivity contribution is 0.334. The molecule has 0 radical (unpaired) electrons. The molecule has 1 aliphatic heterocycles. The molecule has 0 amide bonds. The molecule has 0 bridgehead atoms. The van der Waals surface area contributed by atoms with Crippen LogP contribution in [-0.4, -0.2) is 52.6 Å². The number of aryl methyl sites for hydroxylation is 1. The predicted molar refractivity (Wildman–Crippen MR) is 120 cm³/mol. The van der Waals surface area contributed by atoms with E-state index in [0.29, 0.717) is 37.7 Å². The summed E-state index contributed by atoms with van der Waals surface area (Å²) in [6.07, 6.45) is 0. The van der Waals surface area contributed by atoms with Crippen LogP contribution in [-0.2, 0) is 10.0 Å². The van der Waals surface area contributed by atoms with Crippen LogP contribution in [0.2, 0.25) is 0 Å². The van der Waals surface area contributed by atoms with Crippen molar-refractivity contribution in [3.8, 4) is 11.5 Å². The second kappa shape index (κ2) is 9.27. The van der Waals surface area contributed by atoms with Crippen LogP contribution in [0.4, 0.5) is 5.69 Å². The molecule has 1 aliphatic rings. The van der Waals surface area contributed by atoms with E-state index in [1.807, 2.05) is 44.2 Å². The summed E-state index contributed by atoms with van der Waals surface area (Å²) in [5.41, 5.74) is 2.64. The Kier molecular flexibility index (Phi) is 6.93. The van der Waals surface area contributed by atoms with Gasteiger partial charge in [-0.15, -0.1) is 0 Å². The quantitative estimate of drug-likeness (QED) is 0.661. The highest BCUT2D eigenvalue weighted by Crippen LogP contribution is 2.34. The number of hydrogen-bond acceptors (Lipinski definition) is 5. The molecule has 6 nitrogen and oxygen atoms in total. The first-order chi connectivity index (χ1) is 14.3. The molecule has 1 heterocycles. The smallest absolute Gasteiger partial charge is 0.243 e. The van der Waals surface area contributed by atoms with Crippen LogP contribution >= 0.6 is 0 Å². The lowest BCUT2D eigenvalue weighted by Gasteiger charge is -2.36. The van der Waals surface area contributed by atoms with E-state index in [2.05, 4.69) is 18.7 Å². The molecule has 0 saturated carbocycles. The first-order valence-electron chi connectivity index (χ1n) is 10.4. The number of methoxy groups -OCH3 is 1. The summed E-state index contributed by atoms with van der Waals surface area (Å²) >= 11 is 0. The Balaban J connectivity index is 1.84. The third-order valence-electron chi connectivity index (χ3n) is 5.51. The van der Waals surface area contributed by atoms with Crippen LogP contribution in [0.5, 0.6) is 11.5 Å². The van der Waals surface area contributed by atoms with Gasteiger partial charge in [0.25, 0.3) is 0 Å². The fourth-order valence-corrected chi connectivity index (χ4v) is 5.55. The third-order valence-corrected chi connectivity index (χ3v) is 7.55. The molecule has 0 unspecified atom stereocenters. The van der Waals surface area contributed by atoms with Crippen molar-refractivity contribution < 1.29 is 17.9 Å². The largest absolute Gasteiger partial charge is 0.495 e. The van der Waals surface area contributed by atoms with E-state index in [9.17, 15) is 8.42 Å². The number of para-hydroxylation sites is 2. The molecule has 1 fully saturated rings. The zero-order valence-corrected chi connectivity index (χ0v) is 19.3. The Labute approximate surface area is 180 Å². The maximum Gasteiger partial charge on any atom is 0.243 e. The molecule has 0 aliphatic carbocycles. The summed E-state index contributed by atoms with van der Waals surface area (Å²) in [7, 11) is -1.93. The van der Waals surface area contributed by atoms with E-state index >= 15 is 0 Å². The molecule has 3 rings (SSSR count). The van der Waals surface area contributed by atoms with Crippen LogP contribution < -0.4 is 14.4 Å². The van der Waals surface area contributed by atoms with Crippen LogP contribution in [0.25, 0.3) is 0 Å². The fourth-order valence-electron chi connectivity index (χ4n) is 3.89. The van der Waals surface area contributed by atoms with Gasteiger partial charge in [0.1, 0.15) is 11.5 Å². The van der Waals surface area contributed by atoms with Crippen molar-refractivity contribution in [3.63, 3.8) is 0 Å². The number of piperazine rings is 1. The SMILES string of the molecule is CCOc1cc(C)c(S(=O)(=O)N2CCN(c3ccccc3OC)CC2)cc1C(C)C. The van der Waals surface area contributed by atoms with Crippen LogP contribution in [0.3, 0.4) is 0 Å². The number of anilines is 1. The molecule has 30 heavy (non-hydrogen) atoms. The Bertz CT molecular complexity index is 981. The number of nitrogens with zero attached hydrogens (tertiary/aromatic N) is 2. The van der Waals surface area contributed by atoms with Gasteiger partial charge in [0.15, 0.2) is 0 Å². The molecular weight excluding hydrogens is 400 g/mol. The highest BCUT2D eigenvalue weighted by molar-refractivity contribution is 7.89. The van der Waals surface area contributed by atoms with Gasteiger partial charge in [-0.05, 0) is 55.2 Å². The Morgan fingerprint density at radius 1 is 1.03 bits per heavy atom. The molecule has 0 atom stereocenters. The maximum atomic E-state index is 13.5. The summed E-state index contributed by atoms with van der Waals surface area (Å²) in [6.45, 7) is 10.5. The van der Waals surface area contributed by atoms with Crippen molar-refractivity contribution in [1.29, 1.82) is 0 Å². The number of hydrogen-bond donors (Lipinski definition) is 0. The maximum absolute atomic E-state index is 13.5. The second-order valence-electron chi connectivity index (χ2n) is 7.81. The normalized spacial score (nSPS) is 15.5. The number of benzene rings is 2. The van der Waals surface area contributed by atoms with E-state index in [0.717, 1.165) is 28.3 Å². The standard InChI is InChI=1S/C23H32N2O4S/c1-6-29-22-15-18(4)23(16-19(22)17(2)3)30(26,27)25-13-11-24(12-14-25)20-9-7-8-10-21(20)28-5/h7-10,15-17H,6,11-14H2,1-5H3. The Morgan fingerprint density at radius 2 is 1.70 bits per heavy atom. The van der Waals surface area contributed by atoms with E-state index in [1.165, 1.54) is 0 Å². The van der Waals surface area contributed by atoms with E-state index in [-0.39, 0.29) is 5.92 Å². The molecule has 0 N–H and O–H groups in total. The molecule has 7 heteroatoms. The van der Waals surface area contributed by atoms with Gasteiger partial charge in [-0.2, -0.15) is 4.31 Å². The van der Waals surface area contributed by atoms with Crippen molar-refractivity contribution in [1.82, 2.24) is 4.31 Å². The summed E-state index contributed by atoms with van der Waals surface area (Å²) in [5.74, 6) is 1.74. The zero-order chi connectivity index (χ0) is 21.9. The Morgan fingerprint density at radius 3 is 2.30 bits per heavy atom.